The van der Waals surface area contributed by atoms with E-state index in [0.29, 0.717) is 19.4 Å². The fraction of sp³-hybridized carbons (Fsp3) is 0.654. The number of hydrogen-bond acceptors (Lipinski definition) is 10. The molecular weight excluding hydrogens is 484 g/mol. The van der Waals surface area contributed by atoms with Gasteiger partial charge in [0.2, 0.25) is 5.75 Å². The summed E-state index contributed by atoms with van der Waals surface area (Å²) < 4.78 is 27.9. The maximum Gasteiger partial charge on any atom is 0.329 e. The first-order valence-corrected chi connectivity index (χ1v) is 12.7. The van der Waals surface area contributed by atoms with Crippen LogP contribution in [0.15, 0.2) is 12.3 Å². The Kier molecular flexibility index (Phi) is 9.85. The van der Waals surface area contributed by atoms with Gasteiger partial charge in [0.15, 0.2) is 17.5 Å². The number of nitrogens with zero attached hydrogens (tertiary/aromatic N) is 1. The highest BCUT2D eigenvalue weighted by Crippen LogP contribution is 2.33. The molecule has 0 aromatic carbocycles. The van der Waals surface area contributed by atoms with Crippen LogP contribution in [0.25, 0.3) is 0 Å². The quantitative estimate of drug-likeness (QED) is 0.483. The monoisotopic (exact) mass is 520 g/mol. The van der Waals surface area contributed by atoms with Crippen molar-refractivity contribution in [3.05, 3.63) is 18.0 Å². The van der Waals surface area contributed by atoms with Crippen molar-refractivity contribution in [1.82, 2.24) is 10.3 Å². The molecule has 204 valence electrons. The van der Waals surface area contributed by atoms with E-state index in [0.717, 1.165) is 12.8 Å². The molecule has 3 rings (SSSR count). The topological polar surface area (TPSA) is 139 Å². The van der Waals surface area contributed by atoms with Crippen LogP contribution in [0.2, 0.25) is 0 Å². The van der Waals surface area contributed by atoms with Gasteiger partial charge in [-0.05, 0) is 44.9 Å². The number of amides is 1. The first-order valence-electron chi connectivity index (χ1n) is 12.7. The Morgan fingerprint density at radius 3 is 2.54 bits per heavy atom. The maximum absolute atomic E-state index is 13.1. The highest BCUT2D eigenvalue weighted by molar-refractivity contribution is 5.98. The van der Waals surface area contributed by atoms with E-state index in [9.17, 15) is 19.2 Å². The summed E-state index contributed by atoms with van der Waals surface area (Å²) in [6, 6.07) is 0.447. The normalized spacial score (nSPS) is 24.2. The number of hydrogen-bond donors (Lipinski definition) is 1. The number of carbonyl (C=O) groups is 4. The third-order valence-corrected chi connectivity index (χ3v) is 6.06. The Balaban J connectivity index is 1.78. The lowest BCUT2D eigenvalue weighted by Crippen LogP contribution is -2.46. The van der Waals surface area contributed by atoms with Crippen LogP contribution in [0.5, 0.6) is 11.5 Å². The molecule has 2 heterocycles. The van der Waals surface area contributed by atoms with Gasteiger partial charge >= 0.3 is 17.9 Å². The summed E-state index contributed by atoms with van der Waals surface area (Å²) in [5, 5.41) is 2.64. The van der Waals surface area contributed by atoms with Crippen LogP contribution in [0.4, 0.5) is 0 Å². The van der Waals surface area contributed by atoms with E-state index in [1.807, 2.05) is 13.8 Å². The number of pyridine rings is 1. The number of aromatic nitrogens is 1. The molecule has 1 aliphatic heterocycles. The Morgan fingerprint density at radius 1 is 1.19 bits per heavy atom. The van der Waals surface area contributed by atoms with E-state index < -0.39 is 42.2 Å². The van der Waals surface area contributed by atoms with Crippen molar-refractivity contribution in [3.8, 4) is 11.5 Å². The molecule has 1 saturated carbocycles. The molecule has 11 nitrogen and oxygen atoms in total. The van der Waals surface area contributed by atoms with Crippen LogP contribution in [-0.4, -0.2) is 66.9 Å². The summed E-state index contributed by atoms with van der Waals surface area (Å²) in [4.78, 5) is 54.3. The van der Waals surface area contributed by atoms with Crippen LogP contribution in [0.1, 0.15) is 70.3 Å². The molecule has 4 unspecified atom stereocenters. The number of nitrogens with one attached hydrogen (secondary N) is 1. The minimum absolute atomic E-state index is 0.116. The van der Waals surface area contributed by atoms with Gasteiger partial charge in [-0.25, -0.2) is 9.78 Å². The van der Waals surface area contributed by atoms with Crippen LogP contribution in [0, 0.1) is 11.8 Å². The number of carbonyl (C=O) groups excluding carboxylic acids is 4. The predicted molar refractivity (Wildman–Crippen MR) is 130 cm³/mol. The van der Waals surface area contributed by atoms with Crippen molar-refractivity contribution in [3.63, 3.8) is 0 Å². The van der Waals surface area contributed by atoms with Crippen molar-refractivity contribution in [2.45, 2.75) is 84.2 Å². The molecule has 1 aromatic heterocycles. The van der Waals surface area contributed by atoms with Gasteiger partial charge in [0.05, 0.1) is 19.1 Å². The molecule has 4 atom stereocenters. The van der Waals surface area contributed by atoms with Crippen molar-refractivity contribution < 1.29 is 42.9 Å². The zero-order valence-corrected chi connectivity index (χ0v) is 22.0. The number of cyclic esters (lactones) is 1. The smallest absolute Gasteiger partial charge is 0.329 e. The van der Waals surface area contributed by atoms with Gasteiger partial charge in [0.1, 0.15) is 12.1 Å². The Bertz CT molecular complexity index is 992. The first-order chi connectivity index (χ1) is 17.6. The predicted octanol–water partition coefficient (Wildman–Crippen LogP) is 2.59. The van der Waals surface area contributed by atoms with Gasteiger partial charge in [-0.2, -0.15) is 0 Å². The van der Waals surface area contributed by atoms with Gasteiger partial charge < -0.3 is 29.0 Å². The summed E-state index contributed by atoms with van der Waals surface area (Å²) in [6.45, 7) is 7.35. The molecule has 1 saturated heterocycles. The van der Waals surface area contributed by atoms with Crippen LogP contribution in [0.3, 0.4) is 0 Å². The molecule has 1 amide bonds. The SMILES string of the molecule is COc1ccnc(C(=O)NC2CCCC(OCC(C)C)C(OC(=O)C3CC3)C(C)OC2=O)c1OC(C)=O. The summed E-state index contributed by atoms with van der Waals surface area (Å²) in [5.74, 6) is -2.22. The number of ether oxygens (including phenoxy) is 5. The minimum atomic E-state index is -1.00. The Hall–Kier alpha value is -3.21. The number of methoxy groups -OCH3 is 1. The number of esters is 3. The van der Waals surface area contributed by atoms with Crippen molar-refractivity contribution >= 4 is 23.8 Å². The first kappa shape index (κ1) is 28.4. The second kappa shape index (κ2) is 12.8. The number of rotatable bonds is 9. The Morgan fingerprint density at radius 2 is 1.92 bits per heavy atom. The maximum atomic E-state index is 13.1. The van der Waals surface area contributed by atoms with Crippen molar-refractivity contribution in [2.75, 3.05) is 13.7 Å². The molecule has 2 fully saturated rings. The molecule has 1 aromatic rings. The molecule has 0 spiro atoms. The lowest BCUT2D eigenvalue weighted by Gasteiger charge is -2.31. The third kappa shape index (κ3) is 7.88. The summed E-state index contributed by atoms with van der Waals surface area (Å²) >= 11 is 0. The average Bonchev–Trinajstić information content (AvgIpc) is 3.68. The van der Waals surface area contributed by atoms with Gasteiger partial charge in [-0.15, -0.1) is 0 Å². The van der Waals surface area contributed by atoms with E-state index in [1.165, 1.54) is 26.3 Å². The average molecular weight is 521 g/mol. The van der Waals surface area contributed by atoms with Gasteiger partial charge in [0.25, 0.3) is 5.91 Å². The Labute approximate surface area is 216 Å². The molecule has 2 aliphatic rings. The van der Waals surface area contributed by atoms with Gasteiger partial charge in [0, 0.05) is 25.8 Å². The van der Waals surface area contributed by atoms with Gasteiger partial charge in [-0.1, -0.05) is 13.8 Å². The van der Waals surface area contributed by atoms with Crippen LogP contribution < -0.4 is 14.8 Å². The molecule has 37 heavy (non-hydrogen) atoms. The van der Waals surface area contributed by atoms with E-state index in [2.05, 4.69) is 10.3 Å². The highest BCUT2D eigenvalue weighted by Gasteiger charge is 2.40. The lowest BCUT2D eigenvalue weighted by molar-refractivity contribution is -0.181. The summed E-state index contributed by atoms with van der Waals surface area (Å²) in [6.07, 6.45) is 2.15. The summed E-state index contributed by atoms with van der Waals surface area (Å²) in [7, 11) is 1.37. The minimum Gasteiger partial charge on any atom is -0.493 e. The van der Waals surface area contributed by atoms with Crippen LogP contribution in [-0.2, 0) is 28.6 Å². The lowest BCUT2D eigenvalue weighted by atomic mass is 10.0. The molecule has 1 aliphatic carbocycles. The van der Waals surface area contributed by atoms with Crippen LogP contribution >= 0.6 is 0 Å². The fourth-order valence-corrected chi connectivity index (χ4v) is 4.01. The van der Waals surface area contributed by atoms with E-state index in [4.69, 9.17) is 23.7 Å². The van der Waals surface area contributed by atoms with E-state index >= 15 is 0 Å². The highest BCUT2D eigenvalue weighted by atomic mass is 16.6. The second-order valence-electron chi connectivity index (χ2n) is 9.82. The van der Waals surface area contributed by atoms with E-state index in [-0.39, 0.29) is 41.4 Å². The largest absolute Gasteiger partial charge is 0.493 e. The second-order valence-corrected chi connectivity index (χ2v) is 9.82. The zero-order chi connectivity index (χ0) is 27.1. The van der Waals surface area contributed by atoms with Crippen molar-refractivity contribution in [2.24, 2.45) is 11.8 Å². The molecular formula is C26H36N2O9. The molecule has 0 radical (unpaired) electrons. The molecule has 11 heteroatoms. The summed E-state index contributed by atoms with van der Waals surface area (Å²) in [5.41, 5.74) is -0.204. The molecule has 0 bridgehead atoms. The third-order valence-electron chi connectivity index (χ3n) is 6.06. The zero-order valence-electron chi connectivity index (χ0n) is 22.0. The molecule has 1 N–H and O–H groups in total. The fourth-order valence-electron chi connectivity index (χ4n) is 4.01. The van der Waals surface area contributed by atoms with E-state index in [1.54, 1.807) is 6.92 Å². The van der Waals surface area contributed by atoms with Gasteiger partial charge in [-0.3, -0.25) is 14.4 Å². The standard InChI is InChI=1S/C26H36N2O9/c1-14(2)13-34-20-8-6-7-18(26(32)35-15(3)22(20)37-25(31)17-9-10-17)28-24(30)21-23(36-16(4)29)19(33-5)11-12-27-21/h11-12,14-15,17-18,20,22H,6-10,13H2,1-5H3,(H,28,30). The van der Waals surface area contributed by atoms with Crippen molar-refractivity contribution in [1.29, 1.82) is 0 Å².